The second kappa shape index (κ2) is 6.81. The van der Waals surface area contributed by atoms with Crippen molar-refractivity contribution in [3.63, 3.8) is 0 Å². The largest absolute Gasteiger partial charge is 0.376 e. The van der Waals surface area contributed by atoms with E-state index >= 15 is 0 Å². The lowest BCUT2D eigenvalue weighted by Gasteiger charge is -2.44. The van der Waals surface area contributed by atoms with Crippen molar-refractivity contribution in [2.24, 2.45) is 5.92 Å². The van der Waals surface area contributed by atoms with E-state index in [2.05, 4.69) is 10.3 Å². The van der Waals surface area contributed by atoms with Crippen LogP contribution >= 0.6 is 11.3 Å². The molecule has 2 amide bonds. The molecule has 0 bridgehead atoms. The van der Waals surface area contributed by atoms with Crippen molar-refractivity contribution >= 4 is 28.3 Å². The molecule has 2 heterocycles. The standard InChI is InChI=1S/C18H26N4O3S/c1-25-18-6-5-12(20-15(23)11-3-2-4-11)9-14(18)22(8-7-18)16(24)13-10-26-17(19)21-13/h10-12,14H,2-9H2,1H3,(H2,19,21)(H,20,23). The van der Waals surface area contributed by atoms with Gasteiger partial charge in [0.1, 0.15) is 5.69 Å². The van der Waals surface area contributed by atoms with Crippen molar-refractivity contribution in [3.8, 4) is 0 Å². The first-order chi connectivity index (χ1) is 12.5. The number of nitrogens with one attached hydrogen (secondary N) is 1. The molecule has 0 aromatic carbocycles. The Hall–Kier alpha value is -1.67. The molecule has 26 heavy (non-hydrogen) atoms. The zero-order valence-electron chi connectivity index (χ0n) is 15.1. The molecule has 1 aromatic rings. The highest BCUT2D eigenvalue weighted by Gasteiger charge is 2.53. The van der Waals surface area contributed by atoms with Gasteiger partial charge in [-0.05, 0) is 38.5 Å². The van der Waals surface area contributed by atoms with Crippen LogP contribution in [0.25, 0.3) is 0 Å². The molecule has 3 fully saturated rings. The highest BCUT2D eigenvalue weighted by atomic mass is 32.1. The van der Waals surface area contributed by atoms with E-state index in [0.29, 0.717) is 17.4 Å². The Kier molecular flexibility index (Phi) is 4.64. The molecule has 3 atom stereocenters. The van der Waals surface area contributed by atoms with Crippen LogP contribution in [-0.2, 0) is 9.53 Å². The van der Waals surface area contributed by atoms with Gasteiger partial charge in [-0.3, -0.25) is 9.59 Å². The second-order valence-electron chi connectivity index (χ2n) is 7.71. The molecule has 1 aliphatic heterocycles. The van der Waals surface area contributed by atoms with Crippen molar-refractivity contribution < 1.29 is 14.3 Å². The number of nitrogens with two attached hydrogens (primary N) is 1. The number of ether oxygens (including phenoxy) is 1. The van der Waals surface area contributed by atoms with Crippen molar-refractivity contribution in [2.45, 2.75) is 62.6 Å². The number of carbonyl (C=O) groups excluding carboxylic acids is 2. The summed E-state index contributed by atoms with van der Waals surface area (Å²) in [7, 11) is 1.73. The molecule has 0 spiro atoms. The zero-order valence-corrected chi connectivity index (χ0v) is 15.9. The fraction of sp³-hybridized carbons (Fsp3) is 0.722. The molecule has 3 aliphatic rings. The fourth-order valence-corrected chi connectivity index (χ4v) is 5.13. The molecule has 7 nitrogen and oxygen atoms in total. The molecule has 2 saturated carbocycles. The number of hydrogen-bond donors (Lipinski definition) is 2. The van der Waals surface area contributed by atoms with Gasteiger partial charge in [0, 0.05) is 31.0 Å². The van der Waals surface area contributed by atoms with Crippen LogP contribution in [0, 0.1) is 5.92 Å². The third-order valence-electron chi connectivity index (χ3n) is 6.41. The molecule has 1 saturated heterocycles. The van der Waals surface area contributed by atoms with E-state index in [0.717, 1.165) is 44.9 Å². The van der Waals surface area contributed by atoms with Crippen molar-refractivity contribution in [3.05, 3.63) is 11.1 Å². The second-order valence-corrected chi connectivity index (χ2v) is 8.60. The number of nitrogens with zero attached hydrogens (tertiary/aromatic N) is 2. The van der Waals surface area contributed by atoms with Crippen LogP contribution in [0.1, 0.15) is 55.4 Å². The Morgan fingerprint density at radius 1 is 1.38 bits per heavy atom. The number of likely N-dealkylation sites (tertiary alicyclic amines) is 1. The van der Waals surface area contributed by atoms with Gasteiger partial charge in [-0.2, -0.15) is 0 Å². The summed E-state index contributed by atoms with van der Waals surface area (Å²) >= 11 is 1.28. The van der Waals surface area contributed by atoms with Gasteiger partial charge in [0.05, 0.1) is 11.6 Å². The topological polar surface area (TPSA) is 97.5 Å². The number of thiazole rings is 1. The average molecular weight is 378 g/mol. The van der Waals surface area contributed by atoms with E-state index in [-0.39, 0.29) is 35.4 Å². The van der Waals surface area contributed by atoms with Gasteiger partial charge >= 0.3 is 0 Å². The molecule has 2 aliphatic carbocycles. The van der Waals surface area contributed by atoms with Gasteiger partial charge in [0.2, 0.25) is 5.91 Å². The summed E-state index contributed by atoms with van der Waals surface area (Å²) in [6.45, 7) is 0.651. The van der Waals surface area contributed by atoms with Gasteiger partial charge < -0.3 is 20.7 Å². The van der Waals surface area contributed by atoms with E-state index in [9.17, 15) is 9.59 Å². The van der Waals surface area contributed by atoms with Crippen LogP contribution in [0.5, 0.6) is 0 Å². The summed E-state index contributed by atoms with van der Waals surface area (Å²) in [5.74, 6) is 0.269. The number of anilines is 1. The number of carbonyl (C=O) groups is 2. The Morgan fingerprint density at radius 2 is 2.19 bits per heavy atom. The zero-order chi connectivity index (χ0) is 18.3. The molecule has 142 valence electrons. The Labute approximate surface area is 157 Å². The van der Waals surface area contributed by atoms with Crippen molar-refractivity contribution in [2.75, 3.05) is 19.4 Å². The molecular formula is C18H26N4O3S. The molecule has 3 N–H and O–H groups in total. The summed E-state index contributed by atoms with van der Waals surface area (Å²) in [5, 5.41) is 5.33. The maximum Gasteiger partial charge on any atom is 0.273 e. The molecule has 1 aromatic heterocycles. The van der Waals surface area contributed by atoms with Gasteiger partial charge in [0.25, 0.3) is 5.91 Å². The predicted octanol–water partition coefficient (Wildman–Crippen LogP) is 1.79. The third-order valence-corrected chi connectivity index (χ3v) is 7.09. The maximum atomic E-state index is 12.9. The Bertz CT molecular complexity index is 704. The number of aromatic nitrogens is 1. The molecule has 3 unspecified atom stereocenters. The van der Waals surface area contributed by atoms with Crippen molar-refractivity contribution in [1.82, 2.24) is 15.2 Å². The first kappa shape index (κ1) is 17.7. The van der Waals surface area contributed by atoms with Gasteiger partial charge in [-0.25, -0.2) is 4.98 Å². The number of fused-ring (bicyclic) bond motifs is 1. The van der Waals surface area contributed by atoms with Gasteiger partial charge in [0.15, 0.2) is 5.13 Å². The lowest BCUT2D eigenvalue weighted by atomic mass is 9.77. The highest BCUT2D eigenvalue weighted by Crippen LogP contribution is 2.43. The van der Waals surface area contributed by atoms with Crippen LogP contribution in [0.3, 0.4) is 0 Å². The van der Waals surface area contributed by atoms with E-state index in [1.165, 1.54) is 11.3 Å². The Balaban J connectivity index is 1.49. The number of hydrogen-bond acceptors (Lipinski definition) is 6. The molecular weight excluding hydrogens is 352 g/mol. The third kappa shape index (κ3) is 2.99. The normalized spacial score (nSPS) is 31.3. The Morgan fingerprint density at radius 3 is 2.81 bits per heavy atom. The average Bonchev–Trinajstić information content (AvgIpc) is 3.17. The summed E-state index contributed by atoms with van der Waals surface area (Å²) in [6.07, 6.45) is 6.46. The lowest BCUT2D eigenvalue weighted by molar-refractivity contribution is -0.129. The van der Waals surface area contributed by atoms with Gasteiger partial charge in [-0.1, -0.05) is 6.42 Å². The van der Waals surface area contributed by atoms with Crippen LogP contribution in [-0.4, -0.2) is 53.0 Å². The van der Waals surface area contributed by atoms with E-state index in [1.807, 2.05) is 4.90 Å². The predicted molar refractivity (Wildman–Crippen MR) is 98.8 cm³/mol. The highest BCUT2D eigenvalue weighted by molar-refractivity contribution is 7.13. The summed E-state index contributed by atoms with van der Waals surface area (Å²) in [5.41, 5.74) is 5.78. The number of amides is 2. The first-order valence-electron chi connectivity index (χ1n) is 9.40. The minimum Gasteiger partial charge on any atom is -0.376 e. The number of rotatable bonds is 4. The van der Waals surface area contributed by atoms with E-state index in [1.54, 1.807) is 12.5 Å². The SMILES string of the molecule is COC12CCC(NC(=O)C3CCC3)CC1N(C(=O)c1csc(N)n1)CC2. The summed E-state index contributed by atoms with van der Waals surface area (Å²) in [6, 6.07) is 0.0636. The fourth-order valence-electron chi connectivity index (χ4n) is 4.59. The summed E-state index contributed by atoms with van der Waals surface area (Å²) < 4.78 is 5.91. The molecule has 0 radical (unpaired) electrons. The van der Waals surface area contributed by atoms with Crippen LogP contribution < -0.4 is 11.1 Å². The number of nitrogen functional groups attached to an aromatic ring is 1. The minimum absolute atomic E-state index is 0.0386. The smallest absolute Gasteiger partial charge is 0.273 e. The monoisotopic (exact) mass is 378 g/mol. The van der Waals surface area contributed by atoms with Crippen molar-refractivity contribution in [1.29, 1.82) is 0 Å². The van der Waals surface area contributed by atoms with Crippen LogP contribution in [0.4, 0.5) is 5.13 Å². The van der Waals surface area contributed by atoms with Crippen LogP contribution in [0.15, 0.2) is 5.38 Å². The quantitative estimate of drug-likeness (QED) is 0.832. The van der Waals surface area contributed by atoms with Crippen LogP contribution in [0.2, 0.25) is 0 Å². The van der Waals surface area contributed by atoms with E-state index in [4.69, 9.17) is 10.5 Å². The minimum atomic E-state index is -0.311. The first-order valence-corrected chi connectivity index (χ1v) is 10.3. The lowest BCUT2D eigenvalue weighted by Crippen LogP contribution is -2.56. The van der Waals surface area contributed by atoms with E-state index < -0.39 is 0 Å². The maximum absolute atomic E-state index is 12.9. The molecule has 4 rings (SSSR count). The molecule has 8 heteroatoms. The summed E-state index contributed by atoms with van der Waals surface area (Å²) in [4.78, 5) is 31.3. The van der Waals surface area contributed by atoms with Gasteiger partial charge in [-0.15, -0.1) is 11.3 Å². The number of methoxy groups -OCH3 is 1.